The van der Waals surface area contributed by atoms with Gasteiger partial charge < -0.3 is 30.1 Å². The average molecular weight is 385 g/mol. The zero-order valence-electron chi connectivity index (χ0n) is 15.1. The largest absolute Gasteiger partial charge is 0.391 e. The number of aliphatic hydroxyl groups is 1. The summed E-state index contributed by atoms with van der Waals surface area (Å²) in [5.74, 6) is -0.562. The van der Waals surface area contributed by atoms with E-state index in [1.807, 2.05) is 22.6 Å². The van der Waals surface area contributed by atoms with E-state index >= 15 is 0 Å². The normalized spacial score (nSPS) is 16.6. The molecule has 0 bridgehead atoms. The first-order chi connectivity index (χ1) is 13.4. The van der Waals surface area contributed by atoms with Crippen LogP contribution in [0.15, 0.2) is 22.7 Å². The minimum atomic E-state index is -0.827. The molecule has 11 heteroatoms. The van der Waals surface area contributed by atoms with Gasteiger partial charge >= 0.3 is 11.8 Å². The summed E-state index contributed by atoms with van der Waals surface area (Å²) in [6, 6.07) is 5.23. The highest BCUT2D eigenvalue weighted by atomic mass is 16.5. The Morgan fingerprint density at radius 1 is 1.39 bits per heavy atom. The maximum atomic E-state index is 12.4. The van der Waals surface area contributed by atoms with Crippen LogP contribution in [0.3, 0.4) is 0 Å². The summed E-state index contributed by atoms with van der Waals surface area (Å²) in [5, 5.41) is 16.0. The van der Waals surface area contributed by atoms with Crippen molar-refractivity contribution in [1.29, 1.82) is 0 Å². The molecule has 2 amide bonds. The standard InChI is InChI=1S/C17H19N7O4/c1-23-12-3-2-9(6-11(12)20-17(23)24-5-4-10(25)8-24)15(27)19-7-13-21-16(14(18)26)28-22-13/h2-3,6,10,25H,4-5,7-8H2,1H3,(H2,18,26)(H,19,27)/t10-/m0/s1. The van der Waals surface area contributed by atoms with Gasteiger partial charge in [0.05, 0.1) is 23.7 Å². The minimum absolute atomic E-state index is 0.00716. The van der Waals surface area contributed by atoms with Crippen LogP contribution in [0.4, 0.5) is 5.95 Å². The van der Waals surface area contributed by atoms with Gasteiger partial charge in [-0.3, -0.25) is 9.59 Å². The van der Waals surface area contributed by atoms with Crippen molar-refractivity contribution in [3.8, 4) is 0 Å². The number of carbonyl (C=O) groups is 2. The first kappa shape index (κ1) is 17.9. The van der Waals surface area contributed by atoms with Gasteiger partial charge in [0.2, 0.25) is 5.95 Å². The molecule has 28 heavy (non-hydrogen) atoms. The van der Waals surface area contributed by atoms with Crippen molar-refractivity contribution in [2.24, 2.45) is 12.8 Å². The summed E-state index contributed by atoms with van der Waals surface area (Å²) in [6.07, 6.45) is 0.367. The average Bonchev–Trinajstić information content (AvgIpc) is 3.38. The number of aliphatic hydroxyl groups excluding tert-OH is 1. The van der Waals surface area contributed by atoms with Crippen molar-refractivity contribution in [3.63, 3.8) is 0 Å². The lowest BCUT2D eigenvalue weighted by molar-refractivity contribution is 0.0944. The van der Waals surface area contributed by atoms with Gasteiger partial charge in [0.15, 0.2) is 5.82 Å². The van der Waals surface area contributed by atoms with Gasteiger partial charge in [-0.25, -0.2) is 4.98 Å². The van der Waals surface area contributed by atoms with Crippen LogP contribution in [0, 0.1) is 0 Å². The van der Waals surface area contributed by atoms with E-state index in [-0.39, 0.29) is 30.3 Å². The Labute approximate surface area is 159 Å². The van der Waals surface area contributed by atoms with E-state index in [9.17, 15) is 14.7 Å². The quantitative estimate of drug-likeness (QED) is 0.534. The van der Waals surface area contributed by atoms with E-state index in [2.05, 4.69) is 25.0 Å². The van der Waals surface area contributed by atoms with Crippen LogP contribution in [0.25, 0.3) is 11.0 Å². The predicted molar refractivity (Wildman–Crippen MR) is 97.5 cm³/mol. The minimum Gasteiger partial charge on any atom is -0.391 e. The second-order valence-electron chi connectivity index (χ2n) is 6.63. The number of carbonyl (C=O) groups excluding carboxylic acids is 2. The van der Waals surface area contributed by atoms with Gasteiger partial charge in [-0.15, -0.1) is 0 Å². The van der Waals surface area contributed by atoms with Crippen LogP contribution in [-0.2, 0) is 13.6 Å². The van der Waals surface area contributed by atoms with Crippen molar-refractivity contribution in [2.45, 2.75) is 19.1 Å². The van der Waals surface area contributed by atoms with Crippen LogP contribution in [0.2, 0.25) is 0 Å². The number of aryl methyl sites for hydroxylation is 1. The van der Waals surface area contributed by atoms with Gasteiger partial charge in [0.1, 0.15) is 0 Å². The molecule has 146 valence electrons. The number of nitrogens with one attached hydrogen (secondary N) is 1. The molecule has 3 aromatic rings. The summed E-state index contributed by atoms with van der Waals surface area (Å²) < 4.78 is 6.62. The maximum Gasteiger partial charge on any atom is 0.315 e. The number of hydrogen-bond acceptors (Lipinski definition) is 8. The van der Waals surface area contributed by atoms with E-state index in [0.717, 1.165) is 18.0 Å². The number of nitrogens with zero attached hydrogens (tertiary/aromatic N) is 5. The molecule has 2 aromatic heterocycles. The van der Waals surface area contributed by atoms with Crippen molar-refractivity contribution in [1.82, 2.24) is 25.0 Å². The van der Waals surface area contributed by atoms with Crippen LogP contribution < -0.4 is 16.0 Å². The van der Waals surface area contributed by atoms with Crippen LogP contribution >= 0.6 is 0 Å². The Bertz CT molecular complexity index is 1060. The molecular weight excluding hydrogens is 366 g/mol. The Morgan fingerprint density at radius 3 is 2.89 bits per heavy atom. The molecule has 4 N–H and O–H groups in total. The summed E-state index contributed by atoms with van der Waals surface area (Å²) in [4.78, 5) is 33.8. The molecule has 1 aliphatic rings. The number of rotatable bonds is 5. The number of aromatic nitrogens is 4. The van der Waals surface area contributed by atoms with E-state index in [1.165, 1.54) is 0 Å². The summed E-state index contributed by atoms with van der Waals surface area (Å²) in [7, 11) is 1.90. The molecule has 1 aromatic carbocycles. The number of β-amino-alcohol motifs (C(OH)–C–C–N with tert-alkyl or cyclic N) is 1. The monoisotopic (exact) mass is 385 g/mol. The summed E-state index contributed by atoms with van der Waals surface area (Å²) in [6.45, 7) is 1.28. The Kier molecular flexibility index (Phi) is 4.43. The lowest BCUT2D eigenvalue weighted by Gasteiger charge is -2.16. The topological polar surface area (TPSA) is 152 Å². The first-order valence-electron chi connectivity index (χ1n) is 8.72. The molecule has 1 atom stereocenters. The molecule has 3 heterocycles. The van der Waals surface area contributed by atoms with Gasteiger partial charge in [-0.1, -0.05) is 5.16 Å². The maximum absolute atomic E-state index is 12.4. The van der Waals surface area contributed by atoms with E-state index < -0.39 is 5.91 Å². The summed E-state index contributed by atoms with van der Waals surface area (Å²) in [5.41, 5.74) is 7.04. The number of primary amides is 1. The van der Waals surface area contributed by atoms with Crippen LogP contribution in [-0.4, -0.2) is 55.8 Å². The molecule has 1 fully saturated rings. The third-order valence-corrected chi connectivity index (χ3v) is 4.65. The van der Waals surface area contributed by atoms with Crippen molar-refractivity contribution in [3.05, 3.63) is 35.5 Å². The molecule has 0 saturated carbocycles. The second-order valence-corrected chi connectivity index (χ2v) is 6.63. The number of anilines is 1. The molecule has 0 radical (unpaired) electrons. The molecule has 1 saturated heterocycles. The number of hydrogen-bond donors (Lipinski definition) is 3. The molecule has 1 aliphatic heterocycles. The second kappa shape index (κ2) is 6.93. The highest BCUT2D eigenvalue weighted by molar-refractivity contribution is 5.97. The predicted octanol–water partition coefficient (Wildman–Crippen LogP) is -0.444. The number of nitrogens with two attached hydrogens (primary N) is 1. The first-order valence-corrected chi connectivity index (χ1v) is 8.72. The third kappa shape index (κ3) is 3.27. The smallest absolute Gasteiger partial charge is 0.315 e. The highest BCUT2D eigenvalue weighted by Gasteiger charge is 2.24. The van der Waals surface area contributed by atoms with Crippen LogP contribution in [0.1, 0.15) is 33.3 Å². The Hall–Kier alpha value is -3.47. The lowest BCUT2D eigenvalue weighted by Crippen LogP contribution is -2.24. The number of imidazole rings is 1. The zero-order chi connectivity index (χ0) is 19.8. The van der Waals surface area contributed by atoms with Crippen LogP contribution in [0.5, 0.6) is 0 Å². The van der Waals surface area contributed by atoms with Gasteiger partial charge in [0, 0.05) is 25.7 Å². The van der Waals surface area contributed by atoms with Crippen molar-refractivity contribution in [2.75, 3.05) is 18.0 Å². The van der Waals surface area contributed by atoms with Gasteiger partial charge in [-0.2, -0.15) is 4.98 Å². The molecule has 0 aliphatic carbocycles. The fraction of sp³-hybridized carbons (Fsp3) is 0.353. The number of amides is 2. The van der Waals surface area contributed by atoms with Crippen molar-refractivity contribution < 1.29 is 19.2 Å². The van der Waals surface area contributed by atoms with Gasteiger partial charge in [-0.05, 0) is 24.6 Å². The Morgan fingerprint density at radius 2 is 2.21 bits per heavy atom. The van der Waals surface area contributed by atoms with E-state index in [1.54, 1.807) is 12.1 Å². The van der Waals surface area contributed by atoms with Gasteiger partial charge in [0.25, 0.3) is 5.91 Å². The summed E-state index contributed by atoms with van der Waals surface area (Å²) >= 11 is 0. The lowest BCUT2D eigenvalue weighted by atomic mass is 10.2. The molecular formula is C17H19N7O4. The SMILES string of the molecule is Cn1c(N2CC[C@H](O)C2)nc2cc(C(=O)NCc3noc(C(N)=O)n3)ccc21. The molecule has 0 spiro atoms. The third-order valence-electron chi connectivity index (χ3n) is 4.65. The van der Waals surface area contributed by atoms with E-state index in [4.69, 9.17) is 5.73 Å². The van der Waals surface area contributed by atoms with E-state index in [0.29, 0.717) is 24.0 Å². The molecule has 4 rings (SSSR count). The molecule has 11 nitrogen and oxygen atoms in total. The molecule has 0 unspecified atom stereocenters. The highest BCUT2D eigenvalue weighted by Crippen LogP contribution is 2.25. The van der Waals surface area contributed by atoms with Crippen molar-refractivity contribution >= 4 is 28.8 Å². The fourth-order valence-electron chi connectivity index (χ4n) is 3.22. The Balaban J connectivity index is 1.50. The number of benzene rings is 1. The zero-order valence-corrected chi connectivity index (χ0v) is 15.1. The fourth-order valence-corrected chi connectivity index (χ4v) is 3.22. The number of fused-ring (bicyclic) bond motifs is 1.